The second-order valence-corrected chi connectivity index (χ2v) is 8.48. The van der Waals surface area contributed by atoms with Crippen molar-refractivity contribution in [1.29, 1.82) is 0 Å². The Bertz CT molecular complexity index is 1310. The average molecular weight is 502 g/mol. The molecule has 2 heterocycles. The first kappa shape index (κ1) is 24.5. The van der Waals surface area contributed by atoms with Gasteiger partial charge in [-0.2, -0.15) is 4.98 Å². The van der Waals surface area contributed by atoms with E-state index in [0.717, 1.165) is 48.6 Å². The van der Waals surface area contributed by atoms with E-state index in [4.69, 9.17) is 28.9 Å². The number of fused-ring (bicyclic) bond motifs is 1. The van der Waals surface area contributed by atoms with Crippen molar-refractivity contribution in [2.24, 2.45) is 0 Å². The minimum atomic E-state index is 0.477. The first-order valence-electron chi connectivity index (χ1n) is 12.3. The lowest BCUT2D eigenvalue weighted by Crippen LogP contribution is -2.36. The molecule has 4 aromatic rings. The van der Waals surface area contributed by atoms with Crippen LogP contribution < -0.4 is 29.7 Å². The number of hydrogen-bond acceptors (Lipinski definition) is 9. The van der Waals surface area contributed by atoms with Crippen molar-refractivity contribution in [3.8, 4) is 17.2 Å². The van der Waals surface area contributed by atoms with Crippen LogP contribution in [-0.2, 0) is 4.74 Å². The normalized spacial score (nSPS) is 13.3. The molecular formula is C28H31N5O4. The summed E-state index contributed by atoms with van der Waals surface area (Å²) >= 11 is 0. The third kappa shape index (κ3) is 5.95. The molecule has 0 amide bonds. The zero-order valence-corrected chi connectivity index (χ0v) is 21.1. The van der Waals surface area contributed by atoms with E-state index in [-0.39, 0.29) is 0 Å². The van der Waals surface area contributed by atoms with Gasteiger partial charge in [-0.1, -0.05) is 18.2 Å². The van der Waals surface area contributed by atoms with E-state index in [1.165, 1.54) is 5.69 Å². The highest BCUT2D eigenvalue weighted by molar-refractivity contribution is 5.93. The number of methoxy groups -OCH3 is 2. The maximum atomic E-state index is 5.83. The second kappa shape index (κ2) is 11.7. The molecular weight excluding hydrogens is 470 g/mol. The Morgan fingerprint density at radius 1 is 0.892 bits per heavy atom. The molecule has 1 saturated heterocycles. The van der Waals surface area contributed by atoms with E-state index in [1.54, 1.807) is 14.2 Å². The molecule has 0 aliphatic carbocycles. The van der Waals surface area contributed by atoms with Gasteiger partial charge in [-0.05, 0) is 42.5 Å². The Hall–Kier alpha value is -4.24. The van der Waals surface area contributed by atoms with Crippen molar-refractivity contribution in [2.45, 2.75) is 0 Å². The number of benzene rings is 3. The number of anilines is 4. The van der Waals surface area contributed by atoms with E-state index >= 15 is 0 Å². The first-order chi connectivity index (χ1) is 18.2. The Morgan fingerprint density at radius 2 is 1.62 bits per heavy atom. The topological polar surface area (TPSA) is 90.0 Å². The van der Waals surface area contributed by atoms with E-state index in [0.29, 0.717) is 36.4 Å². The van der Waals surface area contributed by atoms with Crippen LogP contribution in [0.3, 0.4) is 0 Å². The van der Waals surface area contributed by atoms with E-state index in [1.807, 2.05) is 54.6 Å². The van der Waals surface area contributed by atoms with Crippen LogP contribution in [0.2, 0.25) is 0 Å². The van der Waals surface area contributed by atoms with Crippen molar-refractivity contribution < 1.29 is 18.9 Å². The van der Waals surface area contributed by atoms with Gasteiger partial charge in [-0.3, -0.25) is 0 Å². The largest absolute Gasteiger partial charge is 0.493 e. The highest BCUT2D eigenvalue weighted by Crippen LogP contribution is 2.35. The molecule has 0 bridgehead atoms. The third-order valence-electron chi connectivity index (χ3n) is 6.11. The van der Waals surface area contributed by atoms with Gasteiger partial charge in [-0.15, -0.1) is 0 Å². The van der Waals surface area contributed by atoms with Crippen LogP contribution in [0.25, 0.3) is 10.9 Å². The lowest BCUT2D eigenvalue weighted by atomic mass is 10.2. The molecule has 192 valence electrons. The van der Waals surface area contributed by atoms with Gasteiger partial charge in [-0.25, -0.2) is 4.98 Å². The van der Waals surface area contributed by atoms with Crippen molar-refractivity contribution in [3.63, 3.8) is 0 Å². The minimum absolute atomic E-state index is 0.477. The number of para-hydroxylation sites is 1. The molecule has 37 heavy (non-hydrogen) atoms. The molecule has 0 unspecified atom stereocenters. The van der Waals surface area contributed by atoms with Gasteiger partial charge >= 0.3 is 0 Å². The Labute approximate surface area is 216 Å². The third-order valence-corrected chi connectivity index (χ3v) is 6.11. The van der Waals surface area contributed by atoms with Crippen LogP contribution in [0, 0.1) is 0 Å². The van der Waals surface area contributed by atoms with Gasteiger partial charge in [0.2, 0.25) is 5.95 Å². The van der Waals surface area contributed by atoms with Crippen LogP contribution in [0.15, 0.2) is 66.7 Å². The molecule has 9 nitrogen and oxygen atoms in total. The SMILES string of the molecule is COc1cc2nc(Nc3ccc(N4CCOCC4)cc3)nc(NCCOc3ccccc3)c2cc1OC. The second-order valence-electron chi connectivity index (χ2n) is 8.48. The highest BCUT2D eigenvalue weighted by atomic mass is 16.5. The fourth-order valence-corrected chi connectivity index (χ4v) is 4.21. The summed E-state index contributed by atoms with van der Waals surface area (Å²) in [5, 5.41) is 7.56. The summed E-state index contributed by atoms with van der Waals surface area (Å²) in [6.45, 7) is 4.35. The lowest BCUT2D eigenvalue weighted by molar-refractivity contribution is 0.122. The minimum Gasteiger partial charge on any atom is -0.493 e. The summed E-state index contributed by atoms with van der Waals surface area (Å²) in [5.41, 5.74) is 2.80. The van der Waals surface area contributed by atoms with Gasteiger partial charge in [0.05, 0.1) is 39.5 Å². The molecule has 0 spiro atoms. The molecule has 1 aromatic heterocycles. The number of aromatic nitrogens is 2. The van der Waals surface area contributed by atoms with Crippen molar-refractivity contribution in [3.05, 3.63) is 66.7 Å². The summed E-state index contributed by atoms with van der Waals surface area (Å²) in [5.74, 6) is 3.20. The summed E-state index contributed by atoms with van der Waals surface area (Å²) in [6, 6.07) is 21.7. The predicted octanol–water partition coefficient (Wildman–Crippen LogP) is 4.72. The van der Waals surface area contributed by atoms with Gasteiger partial charge in [0, 0.05) is 35.9 Å². The van der Waals surface area contributed by atoms with Gasteiger partial charge < -0.3 is 34.5 Å². The zero-order chi connectivity index (χ0) is 25.5. The Morgan fingerprint density at radius 3 is 2.35 bits per heavy atom. The number of rotatable bonds is 10. The standard InChI is InChI=1S/C28H31N5O4/c1-34-25-18-23-24(19-26(25)35-2)31-28(32-27(23)29-12-15-37-22-6-4-3-5-7-22)30-20-8-10-21(11-9-20)33-13-16-36-17-14-33/h3-11,18-19H,12-17H2,1-2H3,(H2,29,30,31,32). The lowest BCUT2D eigenvalue weighted by Gasteiger charge is -2.28. The number of hydrogen-bond donors (Lipinski definition) is 2. The maximum absolute atomic E-state index is 5.83. The van der Waals surface area contributed by atoms with Crippen LogP contribution in [0.5, 0.6) is 17.2 Å². The Kier molecular flexibility index (Phi) is 7.71. The molecule has 9 heteroatoms. The number of ether oxygens (including phenoxy) is 4. The number of nitrogens with zero attached hydrogens (tertiary/aromatic N) is 3. The smallest absolute Gasteiger partial charge is 0.229 e. The molecule has 1 aliphatic heterocycles. The van der Waals surface area contributed by atoms with Gasteiger partial charge in [0.25, 0.3) is 0 Å². The van der Waals surface area contributed by atoms with E-state index < -0.39 is 0 Å². The quantitative estimate of drug-likeness (QED) is 0.300. The molecule has 0 saturated carbocycles. The predicted molar refractivity (Wildman–Crippen MR) is 146 cm³/mol. The van der Waals surface area contributed by atoms with Crippen LogP contribution in [-0.4, -0.2) is 63.6 Å². The van der Waals surface area contributed by atoms with Gasteiger partial charge in [0.15, 0.2) is 11.5 Å². The fraction of sp³-hybridized carbons (Fsp3) is 0.286. The maximum Gasteiger partial charge on any atom is 0.229 e. The monoisotopic (exact) mass is 501 g/mol. The van der Waals surface area contributed by atoms with Crippen LogP contribution in [0.1, 0.15) is 0 Å². The molecule has 0 radical (unpaired) electrons. The summed E-state index contributed by atoms with van der Waals surface area (Å²) < 4.78 is 22.3. The summed E-state index contributed by atoms with van der Waals surface area (Å²) in [7, 11) is 3.22. The van der Waals surface area contributed by atoms with Gasteiger partial charge in [0.1, 0.15) is 18.2 Å². The van der Waals surface area contributed by atoms with Crippen molar-refractivity contribution in [1.82, 2.24) is 9.97 Å². The average Bonchev–Trinajstić information content (AvgIpc) is 2.96. The molecule has 1 fully saturated rings. The van der Waals surface area contributed by atoms with Crippen LogP contribution >= 0.6 is 0 Å². The van der Waals surface area contributed by atoms with Crippen LogP contribution in [0.4, 0.5) is 23.1 Å². The first-order valence-corrected chi connectivity index (χ1v) is 12.3. The van der Waals surface area contributed by atoms with Crippen molar-refractivity contribution >= 4 is 34.0 Å². The summed E-state index contributed by atoms with van der Waals surface area (Å²) in [6.07, 6.45) is 0. The highest BCUT2D eigenvalue weighted by Gasteiger charge is 2.15. The molecule has 1 aliphatic rings. The zero-order valence-electron chi connectivity index (χ0n) is 21.1. The summed E-state index contributed by atoms with van der Waals surface area (Å²) in [4.78, 5) is 11.8. The van der Waals surface area contributed by atoms with E-state index in [2.05, 4.69) is 27.7 Å². The molecule has 0 atom stereocenters. The fourth-order valence-electron chi connectivity index (χ4n) is 4.21. The molecule has 3 aromatic carbocycles. The molecule has 2 N–H and O–H groups in total. The Balaban J connectivity index is 1.37. The number of nitrogens with one attached hydrogen (secondary N) is 2. The number of morpholine rings is 1. The van der Waals surface area contributed by atoms with Crippen molar-refractivity contribution in [2.75, 3.05) is 69.2 Å². The van der Waals surface area contributed by atoms with E-state index in [9.17, 15) is 0 Å². The molecule has 5 rings (SSSR count).